The Bertz CT molecular complexity index is 1140. The molecule has 0 saturated heterocycles. The van der Waals surface area contributed by atoms with Crippen LogP contribution in [0.15, 0.2) is 65.7 Å². The fraction of sp³-hybridized carbons (Fsp3) is 0.100. The molecule has 1 aromatic carbocycles. The summed E-state index contributed by atoms with van der Waals surface area (Å²) >= 11 is 0. The van der Waals surface area contributed by atoms with E-state index in [0.717, 1.165) is 29.7 Å². The lowest BCUT2D eigenvalue weighted by Gasteiger charge is -2.11. The number of pyridine rings is 1. The normalized spacial score (nSPS) is 11.9. The topological polar surface area (TPSA) is 97.5 Å². The lowest BCUT2D eigenvalue weighted by atomic mass is 10.2. The molecular weight excluding hydrogens is 399 g/mol. The number of nitrogens with two attached hydrogens (primary N) is 1. The Balaban J connectivity index is 1.94. The quantitative estimate of drug-likeness (QED) is 0.604. The fourth-order valence-electron chi connectivity index (χ4n) is 2.67. The average molecular weight is 416 g/mol. The highest BCUT2D eigenvalue weighted by Gasteiger charge is 2.31. The van der Waals surface area contributed by atoms with Gasteiger partial charge in [-0.3, -0.25) is 15.1 Å². The van der Waals surface area contributed by atoms with Gasteiger partial charge >= 0.3 is 6.36 Å². The van der Waals surface area contributed by atoms with Crippen molar-refractivity contribution < 1.29 is 23.2 Å². The van der Waals surface area contributed by atoms with Crippen molar-refractivity contribution in [1.82, 2.24) is 14.8 Å². The summed E-state index contributed by atoms with van der Waals surface area (Å²) < 4.78 is 42.2. The standard InChI is InChI=1S/C20H16F3N5O2/c1-13-12-14(7-10-25-13)26-17(6-9-24)19-18(29)8-11-28(27-19)15-2-4-16(5-3-15)30-20(21,22)23/h2-12,24H,1H3,(H,25,26)/p+1/b17-6-,24-9?. The molecule has 0 atom stereocenters. The van der Waals surface area contributed by atoms with Gasteiger partial charge in [0, 0.05) is 48.6 Å². The van der Waals surface area contributed by atoms with E-state index in [-0.39, 0.29) is 16.9 Å². The summed E-state index contributed by atoms with van der Waals surface area (Å²) in [5.41, 5.74) is 2.13. The zero-order chi connectivity index (χ0) is 21.7. The maximum absolute atomic E-state index is 12.4. The molecule has 0 aliphatic carbocycles. The molecule has 3 N–H and O–H groups in total. The van der Waals surface area contributed by atoms with Crippen LogP contribution in [0.5, 0.6) is 5.75 Å². The first-order valence-electron chi connectivity index (χ1n) is 8.70. The minimum Gasteiger partial charge on any atom is -0.406 e. The molecular formula is C20H17F3N5O2+. The third-order valence-corrected chi connectivity index (χ3v) is 3.92. The molecule has 3 aromatic rings. The van der Waals surface area contributed by atoms with Gasteiger partial charge in [0.05, 0.1) is 5.69 Å². The molecule has 0 radical (unpaired) electrons. The van der Waals surface area contributed by atoms with Gasteiger partial charge in [0.1, 0.15) is 11.4 Å². The summed E-state index contributed by atoms with van der Waals surface area (Å²) in [5.74, 6) is -0.363. The molecule has 30 heavy (non-hydrogen) atoms. The molecule has 0 fully saturated rings. The van der Waals surface area contributed by atoms with Crippen molar-refractivity contribution in [3.63, 3.8) is 0 Å². The van der Waals surface area contributed by atoms with Gasteiger partial charge in [0.2, 0.25) is 5.43 Å². The number of alkyl halides is 3. The first-order chi connectivity index (χ1) is 14.2. The van der Waals surface area contributed by atoms with Crippen LogP contribution in [0.3, 0.4) is 0 Å². The van der Waals surface area contributed by atoms with E-state index < -0.39 is 6.36 Å². The van der Waals surface area contributed by atoms with E-state index in [1.165, 1.54) is 35.2 Å². The maximum atomic E-state index is 12.4. The van der Waals surface area contributed by atoms with Crippen LogP contribution < -0.4 is 15.5 Å². The number of benzene rings is 1. The summed E-state index contributed by atoms with van der Waals surface area (Å²) in [6.45, 7) is 1.83. The Morgan fingerprint density at radius 3 is 2.57 bits per heavy atom. The van der Waals surface area contributed by atoms with E-state index in [1.807, 2.05) is 13.0 Å². The molecule has 0 bridgehead atoms. The van der Waals surface area contributed by atoms with Gasteiger partial charge in [0.15, 0.2) is 11.4 Å². The second kappa shape index (κ2) is 8.70. The Labute approximate surface area is 169 Å². The van der Waals surface area contributed by atoms with Crippen LogP contribution in [0.4, 0.5) is 18.9 Å². The van der Waals surface area contributed by atoms with Crippen LogP contribution in [-0.2, 0) is 0 Å². The van der Waals surface area contributed by atoms with Crippen molar-refractivity contribution in [2.45, 2.75) is 13.3 Å². The van der Waals surface area contributed by atoms with Gasteiger partial charge in [-0.2, -0.15) is 5.10 Å². The van der Waals surface area contributed by atoms with Crippen LogP contribution in [0, 0.1) is 12.3 Å². The third-order valence-electron chi connectivity index (χ3n) is 3.92. The lowest BCUT2D eigenvalue weighted by molar-refractivity contribution is -0.469. The molecule has 2 aromatic heterocycles. The SMILES string of the molecule is Cc1cc([NH2+]/C(=C\C=N)c2nn(-c3ccc(OC(F)(F)F)cc3)ccc2=O)ccn1. The van der Waals surface area contributed by atoms with Crippen molar-refractivity contribution in [2.24, 2.45) is 0 Å². The number of nitrogens with zero attached hydrogens (tertiary/aromatic N) is 3. The number of rotatable bonds is 6. The predicted octanol–water partition coefficient (Wildman–Crippen LogP) is 2.72. The Morgan fingerprint density at radius 1 is 1.20 bits per heavy atom. The maximum Gasteiger partial charge on any atom is 0.573 e. The number of allylic oxidation sites excluding steroid dienone is 1. The van der Waals surface area contributed by atoms with Gasteiger partial charge in [-0.1, -0.05) is 0 Å². The van der Waals surface area contributed by atoms with Crippen molar-refractivity contribution >= 4 is 17.6 Å². The van der Waals surface area contributed by atoms with Crippen molar-refractivity contribution in [3.05, 3.63) is 82.5 Å². The summed E-state index contributed by atoms with van der Waals surface area (Å²) in [5, 5.41) is 13.4. The van der Waals surface area contributed by atoms with Crippen LogP contribution in [-0.4, -0.2) is 27.3 Å². The summed E-state index contributed by atoms with van der Waals surface area (Å²) in [4.78, 5) is 16.5. The number of ether oxygens (including phenoxy) is 1. The monoisotopic (exact) mass is 416 g/mol. The summed E-state index contributed by atoms with van der Waals surface area (Å²) in [7, 11) is 0. The highest BCUT2D eigenvalue weighted by molar-refractivity contribution is 5.78. The van der Waals surface area contributed by atoms with Crippen molar-refractivity contribution in [1.29, 1.82) is 5.41 Å². The summed E-state index contributed by atoms with van der Waals surface area (Å²) in [6.07, 6.45) is 0.734. The number of quaternary nitrogens is 1. The summed E-state index contributed by atoms with van der Waals surface area (Å²) in [6, 6.07) is 9.96. The highest BCUT2D eigenvalue weighted by atomic mass is 19.4. The second-order valence-electron chi connectivity index (χ2n) is 6.18. The van der Waals surface area contributed by atoms with Crippen molar-refractivity contribution in [3.8, 4) is 11.4 Å². The Morgan fingerprint density at radius 2 is 1.93 bits per heavy atom. The van der Waals surface area contributed by atoms with E-state index in [2.05, 4.69) is 14.8 Å². The number of hydrogen-bond donors (Lipinski definition) is 2. The van der Waals surface area contributed by atoms with Crippen LogP contribution in [0.2, 0.25) is 0 Å². The number of halogens is 3. The molecule has 154 valence electrons. The zero-order valence-corrected chi connectivity index (χ0v) is 15.7. The minimum atomic E-state index is -4.78. The molecule has 2 heterocycles. The van der Waals surface area contributed by atoms with E-state index in [0.29, 0.717) is 11.4 Å². The zero-order valence-electron chi connectivity index (χ0n) is 15.7. The predicted molar refractivity (Wildman–Crippen MR) is 104 cm³/mol. The highest BCUT2D eigenvalue weighted by Crippen LogP contribution is 2.23. The molecule has 3 rings (SSSR count). The Kier molecular flexibility index (Phi) is 6.07. The molecule has 0 saturated carbocycles. The van der Waals surface area contributed by atoms with Crippen LogP contribution in [0.1, 0.15) is 11.4 Å². The molecule has 0 spiro atoms. The average Bonchev–Trinajstić information content (AvgIpc) is 2.68. The fourth-order valence-corrected chi connectivity index (χ4v) is 2.67. The molecule has 10 heteroatoms. The van der Waals surface area contributed by atoms with Gasteiger partial charge in [-0.15, -0.1) is 13.2 Å². The van der Waals surface area contributed by atoms with E-state index in [1.54, 1.807) is 17.6 Å². The van der Waals surface area contributed by atoms with Gasteiger partial charge in [-0.05, 0) is 31.2 Å². The minimum absolute atomic E-state index is 0.0890. The van der Waals surface area contributed by atoms with Gasteiger partial charge in [0.25, 0.3) is 0 Å². The van der Waals surface area contributed by atoms with Crippen LogP contribution >= 0.6 is 0 Å². The molecule has 0 aliphatic heterocycles. The number of nitrogens with one attached hydrogen (secondary N) is 1. The van der Waals surface area contributed by atoms with E-state index >= 15 is 0 Å². The van der Waals surface area contributed by atoms with Gasteiger partial charge in [-0.25, -0.2) is 4.68 Å². The van der Waals surface area contributed by atoms with E-state index in [9.17, 15) is 18.0 Å². The molecule has 0 amide bonds. The molecule has 7 nitrogen and oxygen atoms in total. The third kappa shape index (κ3) is 5.39. The Hall–Kier alpha value is -3.79. The largest absolute Gasteiger partial charge is 0.573 e. The van der Waals surface area contributed by atoms with Gasteiger partial charge < -0.3 is 10.1 Å². The van der Waals surface area contributed by atoms with Crippen molar-refractivity contribution in [2.75, 3.05) is 0 Å². The lowest BCUT2D eigenvalue weighted by Crippen LogP contribution is -2.75. The number of aromatic nitrogens is 3. The first-order valence-corrected chi connectivity index (χ1v) is 8.70. The smallest absolute Gasteiger partial charge is 0.406 e. The second-order valence-corrected chi connectivity index (χ2v) is 6.18. The molecule has 0 unspecified atom stereocenters. The van der Waals surface area contributed by atoms with Crippen LogP contribution in [0.25, 0.3) is 11.4 Å². The number of hydrogen-bond acceptors (Lipinski definition) is 5. The molecule has 0 aliphatic rings. The first kappa shape index (κ1) is 20.9. The van der Waals surface area contributed by atoms with E-state index in [4.69, 9.17) is 5.41 Å². The number of aryl methyl sites for hydroxylation is 1.